The van der Waals surface area contributed by atoms with E-state index >= 15 is 0 Å². The fourth-order valence-electron chi connectivity index (χ4n) is 3.14. The molecule has 0 amide bonds. The number of hydrogen-bond acceptors (Lipinski definition) is 3. The highest BCUT2D eigenvalue weighted by Crippen LogP contribution is 2.21. The summed E-state index contributed by atoms with van der Waals surface area (Å²) in [6, 6.07) is 17.0. The number of ether oxygens (including phenoxy) is 1. The molecule has 4 heteroatoms. The highest BCUT2D eigenvalue weighted by atomic mass is 19.1. The lowest BCUT2D eigenvalue weighted by Gasteiger charge is -2.45. The summed E-state index contributed by atoms with van der Waals surface area (Å²) >= 11 is 0. The Bertz CT molecular complexity index is 632. The van der Waals surface area contributed by atoms with E-state index in [0.29, 0.717) is 13.2 Å². The summed E-state index contributed by atoms with van der Waals surface area (Å²) in [5.41, 5.74) is 2.25. The Labute approximate surface area is 143 Å². The quantitative estimate of drug-likeness (QED) is 0.881. The molecule has 0 spiro atoms. The lowest BCUT2D eigenvalue weighted by Crippen LogP contribution is -2.61. The van der Waals surface area contributed by atoms with Crippen LogP contribution in [-0.4, -0.2) is 36.7 Å². The highest BCUT2D eigenvalue weighted by Gasteiger charge is 2.34. The van der Waals surface area contributed by atoms with E-state index in [-0.39, 0.29) is 11.4 Å². The molecular formula is C20H25FN2O. The number of piperazine rings is 1. The number of halogens is 1. The molecule has 1 atom stereocenters. The number of nitrogens with zero attached hydrogens (tertiary/aromatic N) is 1. The molecule has 128 valence electrons. The maximum absolute atomic E-state index is 13.1. The maximum Gasteiger partial charge on any atom is 0.123 e. The van der Waals surface area contributed by atoms with Crippen molar-refractivity contribution >= 4 is 0 Å². The molecule has 3 rings (SSSR count). The van der Waals surface area contributed by atoms with E-state index in [9.17, 15) is 4.39 Å². The molecular weight excluding hydrogens is 303 g/mol. The van der Waals surface area contributed by atoms with Gasteiger partial charge in [0.15, 0.2) is 0 Å². The molecule has 2 aromatic carbocycles. The zero-order chi connectivity index (χ0) is 16.8. The molecule has 1 saturated heterocycles. The van der Waals surface area contributed by atoms with Crippen LogP contribution in [0.2, 0.25) is 0 Å². The third-order valence-corrected chi connectivity index (χ3v) is 4.64. The van der Waals surface area contributed by atoms with Crippen LogP contribution in [-0.2, 0) is 17.9 Å². The van der Waals surface area contributed by atoms with Gasteiger partial charge in [-0.3, -0.25) is 4.90 Å². The molecule has 0 saturated carbocycles. The van der Waals surface area contributed by atoms with Gasteiger partial charge in [0.05, 0.1) is 18.8 Å². The highest BCUT2D eigenvalue weighted by molar-refractivity contribution is 5.17. The Balaban J connectivity index is 1.60. The maximum atomic E-state index is 13.1. The fourth-order valence-corrected chi connectivity index (χ4v) is 3.14. The number of benzene rings is 2. The van der Waals surface area contributed by atoms with Crippen molar-refractivity contribution < 1.29 is 9.13 Å². The van der Waals surface area contributed by atoms with Gasteiger partial charge in [-0.1, -0.05) is 42.5 Å². The van der Waals surface area contributed by atoms with Crippen LogP contribution in [0.25, 0.3) is 0 Å². The van der Waals surface area contributed by atoms with Crippen molar-refractivity contribution in [2.24, 2.45) is 0 Å². The first kappa shape index (κ1) is 17.1. The Morgan fingerprint density at radius 3 is 2.58 bits per heavy atom. The van der Waals surface area contributed by atoms with Gasteiger partial charge in [0, 0.05) is 26.2 Å². The van der Waals surface area contributed by atoms with Gasteiger partial charge in [0.25, 0.3) is 0 Å². The zero-order valence-corrected chi connectivity index (χ0v) is 14.2. The third kappa shape index (κ3) is 4.41. The molecule has 0 aromatic heterocycles. The Morgan fingerprint density at radius 2 is 1.83 bits per heavy atom. The van der Waals surface area contributed by atoms with Gasteiger partial charge < -0.3 is 10.1 Å². The normalized spacial score (nSPS) is 21.8. The summed E-state index contributed by atoms with van der Waals surface area (Å²) in [4.78, 5) is 2.43. The second-order valence-electron chi connectivity index (χ2n) is 6.70. The van der Waals surface area contributed by atoms with Crippen molar-refractivity contribution in [3.05, 3.63) is 71.5 Å². The number of nitrogens with one attached hydrogen (secondary N) is 1. The average Bonchev–Trinajstić information content (AvgIpc) is 2.60. The van der Waals surface area contributed by atoms with Crippen molar-refractivity contribution in [3.63, 3.8) is 0 Å². The number of rotatable bonds is 6. The van der Waals surface area contributed by atoms with Gasteiger partial charge in [-0.2, -0.15) is 0 Å². The first-order chi connectivity index (χ1) is 11.7. The van der Waals surface area contributed by atoms with Crippen molar-refractivity contribution in [1.82, 2.24) is 10.2 Å². The van der Waals surface area contributed by atoms with Crippen LogP contribution in [0.4, 0.5) is 4.39 Å². The monoisotopic (exact) mass is 328 g/mol. The summed E-state index contributed by atoms with van der Waals surface area (Å²) in [5.74, 6) is -0.187. The first-order valence-electron chi connectivity index (χ1n) is 8.48. The van der Waals surface area contributed by atoms with Crippen LogP contribution in [0.5, 0.6) is 0 Å². The minimum atomic E-state index is -0.187. The van der Waals surface area contributed by atoms with Crippen LogP contribution in [0, 0.1) is 5.82 Å². The summed E-state index contributed by atoms with van der Waals surface area (Å²) in [6.45, 7) is 7.15. The van der Waals surface area contributed by atoms with Gasteiger partial charge in [0.2, 0.25) is 0 Å². The van der Waals surface area contributed by atoms with E-state index < -0.39 is 0 Å². The molecule has 1 unspecified atom stereocenters. The predicted molar refractivity (Wildman–Crippen MR) is 94.2 cm³/mol. The van der Waals surface area contributed by atoms with E-state index in [1.54, 1.807) is 0 Å². The Hall–Kier alpha value is -1.75. The van der Waals surface area contributed by atoms with Crippen molar-refractivity contribution in [2.75, 3.05) is 26.2 Å². The van der Waals surface area contributed by atoms with Crippen molar-refractivity contribution in [2.45, 2.75) is 25.6 Å². The van der Waals surface area contributed by atoms with Gasteiger partial charge in [-0.25, -0.2) is 4.39 Å². The van der Waals surface area contributed by atoms with E-state index in [4.69, 9.17) is 4.74 Å². The summed E-state index contributed by atoms with van der Waals surface area (Å²) in [7, 11) is 0. The summed E-state index contributed by atoms with van der Waals surface area (Å²) < 4.78 is 19.1. The molecule has 24 heavy (non-hydrogen) atoms. The minimum Gasteiger partial charge on any atom is -0.375 e. The van der Waals surface area contributed by atoms with Crippen LogP contribution >= 0.6 is 0 Å². The van der Waals surface area contributed by atoms with Crippen molar-refractivity contribution in [1.29, 1.82) is 0 Å². The second-order valence-corrected chi connectivity index (χ2v) is 6.70. The molecule has 1 aliphatic rings. The van der Waals surface area contributed by atoms with E-state index in [1.807, 2.05) is 30.3 Å². The topological polar surface area (TPSA) is 24.5 Å². The molecule has 1 N–H and O–H groups in total. The second kappa shape index (κ2) is 7.88. The SMILES string of the molecule is CC1(COCc2ccccc2)CNCCN1Cc1ccc(F)cc1. The molecule has 0 aliphatic carbocycles. The Morgan fingerprint density at radius 1 is 1.08 bits per heavy atom. The molecule has 2 aromatic rings. The molecule has 1 fully saturated rings. The van der Waals surface area contributed by atoms with Crippen LogP contribution < -0.4 is 5.32 Å². The zero-order valence-electron chi connectivity index (χ0n) is 14.2. The lowest BCUT2D eigenvalue weighted by atomic mass is 9.97. The molecule has 0 bridgehead atoms. The first-order valence-corrected chi connectivity index (χ1v) is 8.48. The largest absolute Gasteiger partial charge is 0.375 e. The van der Waals surface area contributed by atoms with Gasteiger partial charge in [-0.15, -0.1) is 0 Å². The minimum absolute atomic E-state index is 0.0680. The van der Waals surface area contributed by atoms with Gasteiger partial charge in [-0.05, 0) is 30.2 Å². The van der Waals surface area contributed by atoms with E-state index in [1.165, 1.54) is 17.7 Å². The number of hydrogen-bond donors (Lipinski definition) is 1. The molecule has 1 heterocycles. The van der Waals surface area contributed by atoms with Gasteiger partial charge in [0.1, 0.15) is 5.82 Å². The summed E-state index contributed by atoms with van der Waals surface area (Å²) in [5, 5.41) is 3.47. The predicted octanol–water partition coefficient (Wildman–Crippen LogP) is 3.21. The molecule has 1 aliphatic heterocycles. The molecule has 0 radical (unpaired) electrons. The van der Waals surface area contributed by atoms with Crippen LogP contribution in [0.3, 0.4) is 0 Å². The van der Waals surface area contributed by atoms with E-state index in [0.717, 1.165) is 31.7 Å². The van der Waals surface area contributed by atoms with Crippen LogP contribution in [0.1, 0.15) is 18.1 Å². The van der Waals surface area contributed by atoms with Gasteiger partial charge >= 0.3 is 0 Å². The molecule has 3 nitrogen and oxygen atoms in total. The lowest BCUT2D eigenvalue weighted by molar-refractivity contribution is -0.0225. The smallest absolute Gasteiger partial charge is 0.123 e. The van der Waals surface area contributed by atoms with E-state index in [2.05, 4.69) is 29.3 Å². The third-order valence-electron chi connectivity index (χ3n) is 4.64. The fraction of sp³-hybridized carbons (Fsp3) is 0.400. The summed E-state index contributed by atoms with van der Waals surface area (Å²) in [6.07, 6.45) is 0. The Kier molecular flexibility index (Phi) is 5.61. The van der Waals surface area contributed by atoms with Crippen molar-refractivity contribution in [3.8, 4) is 0 Å². The average molecular weight is 328 g/mol. The standard InChI is InChI=1S/C20H25FN2O/c1-20(16-24-14-18-5-3-2-4-6-18)15-22-11-12-23(20)13-17-7-9-19(21)10-8-17/h2-10,22H,11-16H2,1H3. The van der Waals surface area contributed by atoms with Crippen LogP contribution in [0.15, 0.2) is 54.6 Å².